The molecule has 0 bridgehead atoms. The summed E-state index contributed by atoms with van der Waals surface area (Å²) in [5, 5.41) is 2.56. The van der Waals surface area contributed by atoms with Gasteiger partial charge in [-0.25, -0.2) is 0 Å². The third-order valence-corrected chi connectivity index (χ3v) is 3.07. The lowest BCUT2D eigenvalue weighted by molar-refractivity contribution is 0.754. The van der Waals surface area contributed by atoms with E-state index in [1.54, 1.807) is 12.1 Å². The number of aromatic nitrogens is 2. The second-order valence-electron chi connectivity index (χ2n) is 2.80. The number of allylic oxidation sites excluding steroid dienone is 1. The molecule has 0 saturated heterocycles. The standard InChI is InChI=1S/C9H8N2OS2/c1-2-4-11-8(12)6-3-5-14-7(6)10-9(11)13/h2-3,5H,1,4H2,(H,10,13). The van der Waals surface area contributed by atoms with Crippen LogP contribution in [0, 0.1) is 4.77 Å². The molecule has 0 atom stereocenters. The van der Waals surface area contributed by atoms with E-state index in [1.807, 2.05) is 5.38 Å². The number of nitrogens with zero attached hydrogens (tertiary/aromatic N) is 1. The van der Waals surface area contributed by atoms with Gasteiger partial charge in [-0.2, -0.15) is 0 Å². The van der Waals surface area contributed by atoms with Crippen molar-refractivity contribution in [3.05, 3.63) is 39.2 Å². The average molecular weight is 224 g/mol. The lowest BCUT2D eigenvalue weighted by Gasteiger charge is -2.01. The van der Waals surface area contributed by atoms with E-state index in [0.29, 0.717) is 16.7 Å². The topological polar surface area (TPSA) is 37.8 Å². The van der Waals surface area contributed by atoms with Gasteiger partial charge >= 0.3 is 0 Å². The summed E-state index contributed by atoms with van der Waals surface area (Å²) in [6.07, 6.45) is 1.66. The van der Waals surface area contributed by atoms with E-state index in [9.17, 15) is 4.79 Å². The maximum atomic E-state index is 11.8. The van der Waals surface area contributed by atoms with Crippen LogP contribution in [0.1, 0.15) is 0 Å². The first kappa shape index (κ1) is 9.36. The van der Waals surface area contributed by atoms with E-state index in [2.05, 4.69) is 11.6 Å². The Hall–Kier alpha value is -1.20. The van der Waals surface area contributed by atoms with Crippen molar-refractivity contribution in [3.8, 4) is 0 Å². The number of fused-ring (bicyclic) bond motifs is 1. The SMILES string of the molecule is C=CCn1c(=S)[nH]c2sccc2c1=O. The highest BCUT2D eigenvalue weighted by atomic mass is 32.1. The molecule has 72 valence electrons. The van der Waals surface area contributed by atoms with Gasteiger partial charge < -0.3 is 4.98 Å². The van der Waals surface area contributed by atoms with Crippen LogP contribution in [0.3, 0.4) is 0 Å². The zero-order valence-corrected chi connectivity index (χ0v) is 8.95. The van der Waals surface area contributed by atoms with Crippen molar-refractivity contribution in [1.82, 2.24) is 9.55 Å². The van der Waals surface area contributed by atoms with Crippen LogP contribution in [0.25, 0.3) is 10.2 Å². The van der Waals surface area contributed by atoms with Gasteiger partial charge in [-0.3, -0.25) is 9.36 Å². The summed E-state index contributed by atoms with van der Waals surface area (Å²) in [4.78, 5) is 15.7. The summed E-state index contributed by atoms with van der Waals surface area (Å²) < 4.78 is 1.95. The number of H-pyrrole nitrogens is 1. The zero-order valence-electron chi connectivity index (χ0n) is 7.32. The molecule has 1 N–H and O–H groups in total. The summed E-state index contributed by atoms with van der Waals surface area (Å²) in [7, 11) is 0. The van der Waals surface area contributed by atoms with Crippen LogP contribution < -0.4 is 5.56 Å². The number of thiophene rings is 1. The van der Waals surface area contributed by atoms with Crippen LogP contribution in [-0.4, -0.2) is 9.55 Å². The average Bonchev–Trinajstić information content (AvgIpc) is 2.60. The maximum Gasteiger partial charge on any atom is 0.263 e. The molecule has 2 aromatic heterocycles. The van der Waals surface area contributed by atoms with E-state index in [-0.39, 0.29) is 5.56 Å². The summed E-state index contributed by atoms with van der Waals surface area (Å²) in [6.45, 7) is 4.03. The minimum atomic E-state index is -0.0510. The quantitative estimate of drug-likeness (QED) is 0.628. The molecule has 0 aliphatic rings. The first-order valence-electron chi connectivity index (χ1n) is 4.05. The van der Waals surface area contributed by atoms with Crippen LogP contribution in [-0.2, 0) is 6.54 Å². The molecule has 2 heterocycles. The summed E-state index contributed by atoms with van der Waals surface area (Å²) >= 11 is 6.55. The Kier molecular flexibility index (Phi) is 2.35. The van der Waals surface area contributed by atoms with Gasteiger partial charge in [0.25, 0.3) is 5.56 Å². The number of rotatable bonds is 2. The largest absolute Gasteiger partial charge is 0.323 e. The molecule has 3 nitrogen and oxygen atoms in total. The number of nitrogens with one attached hydrogen (secondary N) is 1. The fraction of sp³-hybridized carbons (Fsp3) is 0.111. The Morgan fingerprint density at radius 1 is 1.71 bits per heavy atom. The van der Waals surface area contributed by atoms with Gasteiger partial charge in [0.2, 0.25) is 0 Å². The van der Waals surface area contributed by atoms with Gasteiger partial charge in [-0.1, -0.05) is 6.08 Å². The predicted octanol–water partition coefficient (Wildman–Crippen LogP) is 2.31. The fourth-order valence-electron chi connectivity index (χ4n) is 1.27. The number of aromatic amines is 1. The molecular weight excluding hydrogens is 216 g/mol. The van der Waals surface area contributed by atoms with Gasteiger partial charge in [0.15, 0.2) is 4.77 Å². The lowest BCUT2D eigenvalue weighted by Crippen LogP contribution is -2.20. The zero-order chi connectivity index (χ0) is 10.1. The van der Waals surface area contributed by atoms with Crippen LogP contribution in [0.15, 0.2) is 28.9 Å². The molecule has 14 heavy (non-hydrogen) atoms. The molecule has 0 amide bonds. The van der Waals surface area contributed by atoms with Gasteiger partial charge in [0.1, 0.15) is 4.83 Å². The molecule has 0 unspecified atom stereocenters. The first-order chi connectivity index (χ1) is 6.74. The first-order valence-corrected chi connectivity index (χ1v) is 5.34. The van der Waals surface area contributed by atoms with Crippen molar-refractivity contribution in [2.45, 2.75) is 6.54 Å². The summed E-state index contributed by atoms with van der Waals surface area (Å²) in [5.74, 6) is 0. The molecule has 0 aromatic carbocycles. The predicted molar refractivity (Wildman–Crippen MR) is 61.5 cm³/mol. The lowest BCUT2D eigenvalue weighted by atomic mass is 10.4. The fourth-order valence-corrected chi connectivity index (χ4v) is 2.37. The molecule has 2 rings (SSSR count). The Morgan fingerprint density at radius 3 is 3.21 bits per heavy atom. The second-order valence-corrected chi connectivity index (χ2v) is 4.10. The number of hydrogen-bond donors (Lipinski definition) is 1. The molecule has 0 spiro atoms. The molecule has 0 aliphatic carbocycles. The highest BCUT2D eigenvalue weighted by molar-refractivity contribution is 7.71. The molecular formula is C9H8N2OS2. The van der Waals surface area contributed by atoms with Crippen LogP contribution in [0.5, 0.6) is 0 Å². The van der Waals surface area contributed by atoms with Crippen molar-refractivity contribution in [2.24, 2.45) is 0 Å². The minimum absolute atomic E-state index is 0.0510. The van der Waals surface area contributed by atoms with E-state index < -0.39 is 0 Å². The molecule has 5 heteroatoms. The molecule has 2 aromatic rings. The molecule has 0 fully saturated rings. The van der Waals surface area contributed by atoms with Crippen LogP contribution in [0.4, 0.5) is 0 Å². The smallest absolute Gasteiger partial charge is 0.263 e. The molecule has 0 saturated carbocycles. The third-order valence-electron chi connectivity index (χ3n) is 1.92. The maximum absolute atomic E-state index is 11.8. The van der Waals surface area contributed by atoms with Crippen molar-refractivity contribution in [2.75, 3.05) is 0 Å². The van der Waals surface area contributed by atoms with E-state index in [0.717, 1.165) is 4.83 Å². The third kappa shape index (κ3) is 1.34. The van der Waals surface area contributed by atoms with E-state index in [1.165, 1.54) is 15.9 Å². The minimum Gasteiger partial charge on any atom is -0.323 e. The molecule has 0 aliphatic heterocycles. The Labute approximate surface area is 89.3 Å². The Bertz CT molecular complexity index is 591. The monoisotopic (exact) mass is 224 g/mol. The Balaban J connectivity index is 2.89. The second kappa shape index (κ2) is 3.51. The summed E-state index contributed by atoms with van der Waals surface area (Å²) in [5.41, 5.74) is -0.0510. The highest BCUT2D eigenvalue weighted by Gasteiger charge is 2.04. The van der Waals surface area contributed by atoms with Crippen LogP contribution >= 0.6 is 23.6 Å². The van der Waals surface area contributed by atoms with Gasteiger partial charge in [0.05, 0.1) is 5.39 Å². The van der Waals surface area contributed by atoms with Crippen molar-refractivity contribution in [1.29, 1.82) is 0 Å². The van der Waals surface area contributed by atoms with E-state index >= 15 is 0 Å². The van der Waals surface area contributed by atoms with E-state index in [4.69, 9.17) is 12.2 Å². The number of hydrogen-bond acceptors (Lipinski definition) is 3. The van der Waals surface area contributed by atoms with Crippen molar-refractivity contribution >= 4 is 33.8 Å². The van der Waals surface area contributed by atoms with Gasteiger partial charge in [0, 0.05) is 6.54 Å². The highest BCUT2D eigenvalue weighted by Crippen LogP contribution is 2.13. The van der Waals surface area contributed by atoms with Gasteiger partial charge in [-0.05, 0) is 23.7 Å². The van der Waals surface area contributed by atoms with Crippen molar-refractivity contribution < 1.29 is 0 Å². The van der Waals surface area contributed by atoms with Crippen molar-refractivity contribution in [3.63, 3.8) is 0 Å². The summed E-state index contributed by atoms with van der Waals surface area (Å²) in [6, 6.07) is 1.80. The van der Waals surface area contributed by atoms with Crippen LogP contribution in [0.2, 0.25) is 0 Å². The normalized spacial score (nSPS) is 10.6. The molecule has 0 radical (unpaired) electrons. The van der Waals surface area contributed by atoms with Gasteiger partial charge in [-0.15, -0.1) is 17.9 Å². The Morgan fingerprint density at radius 2 is 2.50 bits per heavy atom.